The molecule has 1 aliphatic rings. The number of amides is 1. The van der Waals surface area contributed by atoms with Crippen molar-refractivity contribution in [1.29, 1.82) is 5.26 Å². The number of hydrogen-bond acceptors (Lipinski definition) is 7. The van der Waals surface area contributed by atoms with E-state index in [9.17, 15) is 28.0 Å². The summed E-state index contributed by atoms with van der Waals surface area (Å²) in [5.74, 6) is -2.25. The molecule has 0 fully saturated rings. The molecule has 0 saturated heterocycles. The fraction of sp³-hybridized carbons (Fsp3) is 0.480. The SMILES string of the molecule is COC(=O)[C@@](NC(=O)c1ccc(OC)cc1)(Nc1sc2c(c1C#N)CC[C@H](C(C)(C)C)C2)C(F)(F)F. The predicted molar refractivity (Wildman–Crippen MR) is 129 cm³/mol. The van der Waals surface area contributed by atoms with Crippen molar-refractivity contribution in [1.82, 2.24) is 5.32 Å². The first-order valence-corrected chi connectivity index (χ1v) is 12.0. The number of fused-ring (bicyclic) bond motifs is 1. The molecule has 1 heterocycles. The first-order chi connectivity index (χ1) is 16.8. The van der Waals surface area contributed by atoms with Crippen LogP contribution in [0.5, 0.6) is 5.75 Å². The van der Waals surface area contributed by atoms with Gasteiger partial charge in [0.15, 0.2) is 0 Å². The van der Waals surface area contributed by atoms with Crippen LogP contribution in [0.4, 0.5) is 18.2 Å². The van der Waals surface area contributed by atoms with Gasteiger partial charge in [-0.2, -0.15) is 18.4 Å². The van der Waals surface area contributed by atoms with Crippen molar-refractivity contribution in [2.45, 2.75) is 51.9 Å². The molecule has 36 heavy (non-hydrogen) atoms. The molecule has 0 bridgehead atoms. The molecule has 2 aromatic rings. The summed E-state index contributed by atoms with van der Waals surface area (Å²) in [5.41, 5.74) is -3.06. The lowest BCUT2D eigenvalue weighted by atomic mass is 9.72. The molecular weight excluding hydrogens is 495 g/mol. The van der Waals surface area contributed by atoms with Crippen LogP contribution in [-0.4, -0.2) is 37.9 Å². The van der Waals surface area contributed by atoms with Gasteiger partial charge in [0.25, 0.3) is 5.91 Å². The van der Waals surface area contributed by atoms with Crippen LogP contribution in [-0.2, 0) is 22.4 Å². The Balaban J connectivity index is 2.05. The maximum atomic E-state index is 14.6. The highest BCUT2D eigenvalue weighted by Crippen LogP contribution is 2.45. The number of nitriles is 1. The van der Waals surface area contributed by atoms with Crippen LogP contribution in [0.3, 0.4) is 0 Å². The number of esters is 1. The number of nitrogens with one attached hydrogen (secondary N) is 2. The Hall–Kier alpha value is -3.26. The van der Waals surface area contributed by atoms with Gasteiger partial charge in [-0.25, -0.2) is 4.79 Å². The number of carbonyl (C=O) groups excluding carboxylic acids is 2. The summed E-state index contributed by atoms with van der Waals surface area (Å²) in [6, 6.07) is 7.33. The summed E-state index contributed by atoms with van der Waals surface area (Å²) < 4.78 is 53.2. The minimum Gasteiger partial charge on any atom is -0.497 e. The van der Waals surface area contributed by atoms with Crippen molar-refractivity contribution < 1.29 is 32.2 Å². The Morgan fingerprint density at radius 3 is 2.28 bits per heavy atom. The Morgan fingerprint density at radius 1 is 1.14 bits per heavy atom. The van der Waals surface area contributed by atoms with E-state index in [1.165, 1.54) is 31.4 Å². The van der Waals surface area contributed by atoms with Crippen molar-refractivity contribution in [3.05, 3.63) is 45.8 Å². The monoisotopic (exact) mass is 523 g/mol. The van der Waals surface area contributed by atoms with Gasteiger partial charge in [-0.05, 0) is 60.4 Å². The number of thiophene rings is 1. The molecule has 1 amide bonds. The first kappa shape index (κ1) is 27.3. The number of methoxy groups -OCH3 is 2. The number of nitrogens with zero attached hydrogens (tertiary/aromatic N) is 1. The normalized spacial score (nSPS) is 17.2. The van der Waals surface area contributed by atoms with Crippen molar-refractivity contribution in [3.8, 4) is 11.8 Å². The van der Waals surface area contributed by atoms with E-state index in [4.69, 9.17) is 4.74 Å². The molecule has 0 aliphatic heterocycles. The molecular formula is C25H28F3N3O4S. The van der Waals surface area contributed by atoms with Crippen LogP contribution in [0.1, 0.15) is 53.6 Å². The lowest BCUT2D eigenvalue weighted by Crippen LogP contribution is -2.69. The van der Waals surface area contributed by atoms with E-state index in [0.29, 0.717) is 24.2 Å². The van der Waals surface area contributed by atoms with Gasteiger partial charge in [-0.1, -0.05) is 20.8 Å². The zero-order chi connectivity index (χ0) is 26.9. The highest BCUT2D eigenvalue weighted by Gasteiger charge is 2.64. The third-order valence-corrected chi connectivity index (χ3v) is 7.64. The second-order valence-corrected chi connectivity index (χ2v) is 10.8. The van der Waals surface area contributed by atoms with E-state index in [1.807, 2.05) is 6.07 Å². The topological polar surface area (TPSA) is 100 Å². The average Bonchev–Trinajstić information content (AvgIpc) is 3.17. The molecule has 0 spiro atoms. The molecule has 11 heteroatoms. The molecule has 0 unspecified atom stereocenters. The van der Waals surface area contributed by atoms with Crippen LogP contribution in [0.25, 0.3) is 0 Å². The maximum absolute atomic E-state index is 14.6. The summed E-state index contributed by atoms with van der Waals surface area (Å²) in [4.78, 5) is 26.3. The van der Waals surface area contributed by atoms with Gasteiger partial charge in [0, 0.05) is 10.4 Å². The lowest BCUT2D eigenvalue weighted by Gasteiger charge is -2.34. The Bertz CT molecular complexity index is 1180. The van der Waals surface area contributed by atoms with Crippen molar-refractivity contribution in [2.75, 3.05) is 19.5 Å². The zero-order valence-electron chi connectivity index (χ0n) is 20.6. The number of alkyl halides is 3. The molecule has 3 rings (SSSR count). The van der Waals surface area contributed by atoms with Gasteiger partial charge in [-0.15, -0.1) is 11.3 Å². The van der Waals surface area contributed by atoms with E-state index in [0.717, 1.165) is 29.7 Å². The number of rotatable bonds is 6. The van der Waals surface area contributed by atoms with Gasteiger partial charge < -0.3 is 20.1 Å². The fourth-order valence-corrected chi connectivity index (χ4v) is 5.56. The number of benzene rings is 1. The van der Waals surface area contributed by atoms with Crippen LogP contribution in [0, 0.1) is 22.7 Å². The van der Waals surface area contributed by atoms with E-state index in [1.54, 1.807) is 5.32 Å². The van der Waals surface area contributed by atoms with E-state index < -0.39 is 23.7 Å². The second kappa shape index (κ2) is 10.0. The molecule has 7 nitrogen and oxygen atoms in total. The minimum atomic E-state index is -5.31. The summed E-state index contributed by atoms with van der Waals surface area (Å²) in [6.07, 6.45) is -3.38. The number of carbonyl (C=O) groups is 2. The van der Waals surface area contributed by atoms with Crippen LogP contribution >= 0.6 is 11.3 Å². The van der Waals surface area contributed by atoms with E-state index >= 15 is 0 Å². The smallest absolute Gasteiger partial charge is 0.441 e. The largest absolute Gasteiger partial charge is 0.497 e. The summed E-state index contributed by atoms with van der Waals surface area (Å²) >= 11 is 0.996. The van der Waals surface area contributed by atoms with Crippen LogP contribution < -0.4 is 15.4 Å². The highest BCUT2D eigenvalue weighted by molar-refractivity contribution is 7.16. The summed E-state index contributed by atoms with van der Waals surface area (Å²) in [7, 11) is 2.20. The lowest BCUT2D eigenvalue weighted by molar-refractivity contribution is -0.203. The molecule has 0 radical (unpaired) electrons. The predicted octanol–water partition coefficient (Wildman–Crippen LogP) is 5.05. The van der Waals surface area contributed by atoms with Gasteiger partial charge in [0.2, 0.25) is 0 Å². The third kappa shape index (κ3) is 5.14. The maximum Gasteiger partial charge on any atom is 0.441 e. The minimum absolute atomic E-state index is 0.0177. The molecule has 2 N–H and O–H groups in total. The van der Waals surface area contributed by atoms with Crippen molar-refractivity contribution >= 4 is 28.2 Å². The number of ether oxygens (including phenoxy) is 2. The second-order valence-electron chi connectivity index (χ2n) is 9.67. The average molecular weight is 524 g/mol. The Labute approximate surface area is 211 Å². The number of anilines is 1. The molecule has 1 aromatic carbocycles. The van der Waals surface area contributed by atoms with Gasteiger partial charge >= 0.3 is 17.8 Å². The first-order valence-electron chi connectivity index (χ1n) is 11.2. The van der Waals surface area contributed by atoms with E-state index in [2.05, 4.69) is 30.8 Å². The summed E-state index contributed by atoms with van der Waals surface area (Å²) in [6.45, 7) is 6.30. The third-order valence-electron chi connectivity index (χ3n) is 6.47. The number of hydrogen-bond donors (Lipinski definition) is 2. The molecule has 0 saturated carbocycles. The standard InChI is InChI=1S/C25H28F3N3O4S/c1-23(2,3)15-8-11-17-18(13-29)21(36-19(17)12-15)31-24(22(33)35-5,25(26,27)28)30-20(32)14-6-9-16(34-4)10-7-14/h6-7,9-10,15,31H,8,11-12H2,1-5H3,(H,30,32)/t15-,24+/m0/s1. The fourth-order valence-electron chi connectivity index (χ4n) is 4.23. The molecule has 1 aliphatic carbocycles. The molecule has 1 aromatic heterocycles. The van der Waals surface area contributed by atoms with Gasteiger partial charge in [0.1, 0.15) is 16.8 Å². The van der Waals surface area contributed by atoms with Crippen LogP contribution in [0.2, 0.25) is 0 Å². The van der Waals surface area contributed by atoms with Crippen LogP contribution in [0.15, 0.2) is 24.3 Å². The van der Waals surface area contributed by atoms with Gasteiger partial charge in [0.05, 0.1) is 19.8 Å². The van der Waals surface area contributed by atoms with Crippen molar-refractivity contribution in [2.24, 2.45) is 11.3 Å². The molecule has 2 atom stereocenters. The Kier molecular flexibility index (Phi) is 7.60. The van der Waals surface area contributed by atoms with Crippen molar-refractivity contribution in [3.63, 3.8) is 0 Å². The van der Waals surface area contributed by atoms with E-state index in [-0.39, 0.29) is 27.5 Å². The molecule has 194 valence electrons. The highest BCUT2D eigenvalue weighted by atomic mass is 32.1. The zero-order valence-corrected chi connectivity index (χ0v) is 21.4. The Morgan fingerprint density at radius 2 is 1.78 bits per heavy atom. The number of halogens is 3. The quantitative estimate of drug-likeness (QED) is 0.406. The van der Waals surface area contributed by atoms with Gasteiger partial charge in [-0.3, -0.25) is 4.79 Å². The summed E-state index contributed by atoms with van der Waals surface area (Å²) in [5, 5.41) is 13.6.